The van der Waals surface area contributed by atoms with Crippen LogP contribution in [0.1, 0.15) is 33.1 Å². The van der Waals surface area contributed by atoms with Crippen molar-refractivity contribution < 1.29 is 4.79 Å². The van der Waals surface area contributed by atoms with Crippen LogP contribution in [-0.4, -0.2) is 19.0 Å². The Labute approximate surface area is 135 Å². The van der Waals surface area contributed by atoms with Gasteiger partial charge in [0.1, 0.15) is 0 Å². The van der Waals surface area contributed by atoms with Crippen LogP contribution in [0.25, 0.3) is 0 Å². The van der Waals surface area contributed by atoms with Crippen LogP contribution in [0.15, 0.2) is 42.5 Å². The maximum absolute atomic E-state index is 12.3. The second-order valence-electron chi connectivity index (χ2n) is 5.60. The first-order valence-electron chi connectivity index (χ1n) is 7.51. The summed E-state index contributed by atoms with van der Waals surface area (Å²) in [5.41, 5.74) is 4.07. The summed E-state index contributed by atoms with van der Waals surface area (Å²) in [7, 11) is 0. The van der Waals surface area contributed by atoms with Crippen molar-refractivity contribution >= 4 is 17.5 Å². The molecular formula is C18H19ClN2O. The average molecular weight is 315 g/mol. The standard InChI is InChI=1S/C18H19ClN2O/c1-12-5-4-8-15(17(12)19)18(22)21-11-16-14-7-3-2-6-13(14)9-10-20-16/h2-8,16,20H,9-11H2,1H3,(H,21,22). The molecule has 1 atom stereocenters. The van der Waals surface area contributed by atoms with Crippen LogP contribution in [0.4, 0.5) is 0 Å². The molecule has 0 radical (unpaired) electrons. The maximum Gasteiger partial charge on any atom is 0.252 e. The van der Waals surface area contributed by atoms with Crippen LogP contribution in [0, 0.1) is 6.92 Å². The minimum Gasteiger partial charge on any atom is -0.350 e. The molecular weight excluding hydrogens is 296 g/mol. The highest BCUT2D eigenvalue weighted by Gasteiger charge is 2.20. The Balaban J connectivity index is 1.71. The zero-order valence-corrected chi connectivity index (χ0v) is 13.3. The molecule has 0 bridgehead atoms. The van der Waals surface area contributed by atoms with Crippen molar-refractivity contribution in [3.05, 3.63) is 69.7 Å². The fourth-order valence-electron chi connectivity index (χ4n) is 2.89. The summed E-state index contributed by atoms with van der Waals surface area (Å²) in [5.74, 6) is -0.126. The van der Waals surface area contributed by atoms with Crippen molar-refractivity contribution in [2.24, 2.45) is 0 Å². The van der Waals surface area contributed by atoms with E-state index in [9.17, 15) is 4.79 Å². The van der Waals surface area contributed by atoms with Crippen molar-refractivity contribution in [1.82, 2.24) is 10.6 Å². The molecule has 2 aromatic rings. The molecule has 2 aromatic carbocycles. The zero-order valence-electron chi connectivity index (χ0n) is 12.5. The van der Waals surface area contributed by atoms with Gasteiger partial charge in [0.15, 0.2) is 0 Å². The summed E-state index contributed by atoms with van der Waals surface area (Å²) < 4.78 is 0. The lowest BCUT2D eigenvalue weighted by Crippen LogP contribution is -2.38. The van der Waals surface area contributed by atoms with Crippen molar-refractivity contribution in [2.45, 2.75) is 19.4 Å². The summed E-state index contributed by atoms with van der Waals surface area (Å²) in [6.45, 7) is 3.39. The molecule has 22 heavy (non-hydrogen) atoms. The summed E-state index contributed by atoms with van der Waals surface area (Å²) >= 11 is 6.21. The fourth-order valence-corrected chi connectivity index (χ4v) is 3.10. The van der Waals surface area contributed by atoms with Crippen LogP contribution in [0.2, 0.25) is 5.02 Å². The van der Waals surface area contributed by atoms with E-state index < -0.39 is 0 Å². The number of nitrogens with one attached hydrogen (secondary N) is 2. The Hall–Kier alpha value is -1.84. The number of hydrogen-bond donors (Lipinski definition) is 2. The number of aryl methyl sites for hydroxylation is 1. The molecule has 0 saturated heterocycles. The zero-order chi connectivity index (χ0) is 15.5. The Morgan fingerprint density at radius 1 is 1.27 bits per heavy atom. The first-order chi connectivity index (χ1) is 10.7. The topological polar surface area (TPSA) is 41.1 Å². The third-order valence-electron chi connectivity index (χ3n) is 4.12. The molecule has 1 unspecified atom stereocenters. The molecule has 1 aliphatic rings. The van der Waals surface area contributed by atoms with Gasteiger partial charge >= 0.3 is 0 Å². The molecule has 3 rings (SSSR count). The quantitative estimate of drug-likeness (QED) is 0.913. The number of benzene rings is 2. The van der Waals surface area contributed by atoms with Crippen LogP contribution in [0.3, 0.4) is 0 Å². The molecule has 0 saturated carbocycles. The predicted molar refractivity (Wildman–Crippen MR) is 89.4 cm³/mol. The molecule has 0 spiro atoms. The van der Waals surface area contributed by atoms with Crippen molar-refractivity contribution in [3.8, 4) is 0 Å². The van der Waals surface area contributed by atoms with E-state index in [2.05, 4.69) is 28.8 Å². The van der Waals surface area contributed by atoms with Crippen molar-refractivity contribution in [2.75, 3.05) is 13.1 Å². The number of amides is 1. The first-order valence-corrected chi connectivity index (χ1v) is 7.89. The van der Waals surface area contributed by atoms with E-state index in [1.165, 1.54) is 11.1 Å². The van der Waals surface area contributed by atoms with Gasteiger partial charge in [0, 0.05) is 12.6 Å². The molecule has 3 nitrogen and oxygen atoms in total. The van der Waals surface area contributed by atoms with Gasteiger partial charge in [0.2, 0.25) is 0 Å². The van der Waals surface area contributed by atoms with Gasteiger partial charge in [-0.2, -0.15) is 0 Å². The molecule has 114 valence electrons. The molecule has 1 amide bonds. The lowest BCUT2D eigenvalue weighted by Gasteiger charge is -2.27. The van der Waals surface area contributed by atoms with Gasteiger partial charge in [-0.3, -0.25) is 4.79 Å². The monoisotopic (exact) mass is 314 g/mol. The van der Waals surface area contributed by atoms with Gasteiger partial charge in [-0.25, -0.2) is 0 Å². The van der Waals surface area contributed by atoms with Gasteiger partial charge in [-0.1, -0.05) is 48.0 Å². The minimum atomic E-state index is -0.126. The molecule has 4 heteroatoms. The smallest absolute Gasteiger partial charge is 0.252 e. The number of rotatable bonds is 3. The van der Waals surface area contributed by atoms with Gasteiger partial charge in [-0.05, 0) is 42.6 Å². The highest BCUT2D eigenvalue weighted by Crippen LogP contribution is 2.23. The second-order valence-corrected chi connectivity index (χ2v) is 5.98. The van der Waals surface area contributed by atoms with E-state index in [1.807, 2.05) is 25.1 Å². The normalized spacial score (nSPS) is 16.9. The fraction of sp³-hybridized carbons (Fsp3) is 0.278. The highest BCUT2D eigenvalue weighted by molar-refractivity contribution is 6.34. The molecule has 0 aliphatic carbocycles. The summed E-state index contributed by atoms with van der Waals surface area (Å²) in [6.07, 6.45) is 1.03. The molecule has 1 aliphatic heterocycles. The molecule has 2 N–H and O–H groups in total. The summed E-state index contributed by atoms with van der Waals surface area (Å²) in [5, 5.41) is 6.98. The lowest BCUT2D eigenvalue weighted by molar-refractivity contribution is 0.0949. The lowest BCUT2D eigenvalue weighted by atomic mass is 9.94. The van der Waals surface area contributed by atoms with E-state index >= 15 is 0 Å². The molecule has 1 heterocycles. The van der Waals surface area contributed by atoms with E-state index in [0.717, 1.165) is 18.5 Å². The van der Waals surface area contributed by atoms with Crippen LogP contribution in [-0.2, 0) is 6.42 Å². The summed E-state index contributed by atoms with van der Waals surface area (Å²) in [4.78, 5) is 12.3. The Kier molecular flexibility index (Phi) is 4.46. The SMILES string of the molecule is Cc1cccc(C(=O)NCC2NCCc3ccccc32)c1Cl. The van der Waals surface area contributed by atoms with Crippen LogP contribution < -0.4 is 10.6 Å². The third-order valence-corrected chi connectivity index (χ3v) is 4.62. The first kappa shape index (κ1) is 15.1. The largest absolute Gasteiger partial charge is 0.350 e. The Morgan fingerprint density at radius 3 is 2.95 bits per heavy atom. The number of carbonyl (C=O) groups excluding carboxylic acids is 1. The Morgan fingerprint density at radius 2 is 2.09 bits per heavy atom. The average Bonchev–Trinajstić information content (AvgIpc) is 2.55. The van der Waals surface area contributed by atoms with E-state index in [0.29, 0.717) is 17.1 Å². The van der Waals surface area contributed by atoms with Crippen molar-refractivity contribution in [1.29, 1.82) is 0 Å². The minimum absolute atomic E-state index is 0.126. The van der Waals surface area contributed by atoms with Crippen molar-refractivity contribution in [3.63, 3.8) is 0 Å². The van der Waals surface area contributed by atoms with Crippen LogP contribution in [0.5, 0.6) is 0 Å². The van der Waals surface area contributed by atoms with Gasteiger partial charge in [-0.15, -0.1) is 0 Å². The van der Waals surface area contributed by atoms with Crippen LogP contribution >= 0.6 is 11.6 Å². The van der Waals surface area contributed by atoms with E-state index in [1.54, 1.807) is 6.07 Å². The predicted octanol–water partition coefficient (Wildman–Crippen LogP) is 3.27. The van der Waals surface area contributed by atoms with Gasteiger partial charge in [0.25, 0.3) is 5.91 Å². The Bertz CT molecular complexity index is 699. The van der Waals surface area contributed by atoms with E-state index in [4.69, 9.17) is 11.6 Å². The van der Waals surface area contributed by atoms with E-state index in [-0.39, 0.29) is 11.9 Å². The highest BCUT2D eigenvalue weighted by atomic mass is 35.5. The van der Waals surface area contributed by atoms with Gasteiger partial charge in [0.05, 0.1) is 10.6 Å². The second kappa shape index (κ2) is 6.51. The summed E-state index contributed by atoms with van der Waals surface area (Å²) in [6, 6.07) is 14.0. The number of fused-ring (bicyclic) bond motifs is 1. The number of hydrogen-bond acceptors (Lipinski definition) is 2. The maximum atomic E-state index is 12.3. The molecule has 0 aromatic heterocycles. The van der Waals surface area contributed by atoms with Gasteiger partial charge < -0.3 is 10.6 Å². The number of carbonyl (C=O) groups is 1. The number of halogens is 1. The third kappa shape index (κ3) is 3.01. The molecule has 0 fully saturated rings.